The molecule has 1 aromatic heterocycles. The molecular weight excluding hydrogens is 264 g/mol. The Hall–Kier alpha value is -1.88. The Balaban J connectivity index is 1.76. The second kappa shape index (κ2) is 5.48. The maximum atomic E-state index is 11.9. The number of fused-ring (bicyclic) bond motifs is 1. The molecule has 2 atom stereocenters. The van der Waals surface area contributed by atoms with Crippen molar-refractivity contribution in [1.82, 2.24) is 14.9 Å². The standard InChI is InChI=1S/C16H22N4O/c1-18-16(15(17)21)9-4-5-12(16)8-10-20-11-19-13-6-2-3-7-14(13)20/h2-3,6-7,11-12,18H,4-5,8-10H2,1H3,(H2,17,21). The molecule has 1 fully saturated rings. The molecule has 1 aliphatic rings. The van der Waals surface area contributed by atoms with Crippen molar-refractivity contribution in [2.75, 3.05) is 7.05 Å². The van der Waals surface area contributed by atoms with Crippen LogP contribution < -0.4 is 11.1 Å². The van der Waals surface area contributed by atoms with E-state index in [0.717, 1.165) is 43.3 Å². The van der Waals surface area contributed by atoms with Crippen LogP contribution in [0.4, 0.5) is 0 Å². The summed E-state index contributed by atoms with van der Waals surface area (Å²) in [5.41, 5.74) is 7.28. The number of nitrogens with one attached hydrogen (secondary N) is 1. The minimum absolute atomic E-state index is 0.219. The van der Waals surface area contributed by atoms with E-state index in [1.54, 1.807) is 0 Å². The molecule has 2 aromatic rings. The van der Waals surface area contributed by atoms with E-state index in [0.29, 0.717) is 5.92 Å². The average molecular weight is 286 g/mol. The second-order valence-electron chi connectivity index (χ2n) is 5.89. The topological polar surface area (TPSA) is 72.9 Å². The van der Waals surface area contributed by atoms with Crippen LogP contribution in [0.3, 0.4) is 0 Å². The minimum Gasteiger partial charge on any atom is -0.368 e. The van der Waals surface area contributed by atoms with Gasteiger partial charge in [-0.3, -0.25) is 4.79 Å². The zero-order valence-electron chi connectivity index (χ0n) is 12.4. The summed E-state index contributed by atoms with van der Waals surface area (Å²) in [7, 11) is 1.84. The van der Waals surface area contributed by atoms with Crippen LogP contribution in [0, 0.1) is 5.92 Å². The molecule has 5 nitrogen and oxygen atoms in total. The van der Waals surface area contributed by atoms with E-state index in [1.165, 1.54) is 0 Å². The van der Waals surface area contributed by atoms with Crippen LogP contribution >= 0.6 is 0 Å². The number of imidazole rings is 1. The number of hydrogen-bond acceptors (Lipinski definition) is 3. The van der Waals surface area contributed by atoms with Crippen molar-refractivity contribution in [2.45, 2.75) is 37.8 Å². The third kappa shape index (κ3) is 2.31. The van der Waals surface area contributed by atoms with Crippen LogP contribution in [-0.2, 0) is 11.3 Å². The van der Waals surface area contributed by atoms with Gasteiger partial charge in [-0.2, -0.15) is 0 Å². The summed E-state index contributed by atoms with van der Waals surface area (Å²) < 4.78 is 2.16. The quantitative estimate of drug-likeness (QED) is 0.878. The second-order valence-corrected chi connectivity index (χ2v) is 5.89. The normalized spacial score (nSPS) is 25.5. The predicted molar refractivity (Wildman–Crippen MR) is 82.7 cm³/mol. The number of primary amides is 1. The van der Waals surface area contributed by atoms with Gasteiger partial charge in [-0.15, -0.1) is 0 Å². The lowest BCUT2D eigenvalue weighted by atomic mass is 9.84. The molecule has 3 rings (SSSR count). The average Bonchev–Trinajstić information content (AvgIpc) is 3.09. The van der Waals surface area contributed by atoms with Crippen molar-refractivity contribution in [3.8, 4) is 0 Å². The van der Waals surface area contributed by atoms with E-state index < -0.39 is 5.54 Å². The number of rotatable bonds is 5. The van der Waals surface area contributed by atoms with Gasteiger partial charge < -0.3 is 15.6 Å². The maximum Gasteiger partial charge on any atom is 0.238 e. The fraction of sp³-hybridized carbons (Fsp3) is 0.500. The molecule has 112 valence electrons. The van der Waals surface area contributed by atoms with Crippen LogP contribution in [0.2, 0.25) is 0 Å². The van der Waals surface area contributed by atoms with Crippen molar-refractivity contribution in [3.05, 3.63) is 30.6 Å². The van der Waals surface area contributed by atoms with Gasteiger partial charge in [0.15, 0.2) is 0 Å². The highest BCUT2D eigenvalue weighted by molar-refractivity contribution is 5.85. The van der Waals surface area contributed by atoms with E-state index in [-0.39, 0.29) is 5.91 Å². The molecule has 1 aromatic carbocycles. The number of nitrogens with zero attached hydrogens (tertiary/aromatic N) is 2. The summed E-state index contributed by atoms with van der Waals surface area (Å²) in [6.45, 7) is 0.863. The maximum absolute atomic E-state index is 11.9. The van der Waals surface area contributed by atoms with Gasteiger partial charge in [0, 0.05) is 6.54 Å². The molecule has 0 aliphatic heterocycles. The van der Waals surface area contributed by atoms with Crippen molar-refractivity contribution in [1.29, 1.82) is 0 Å². The first-order chi connectivity index (χ1) is 10.2. The minimum atomic E-state index is -0.531. The molecule has 0 saturated heterocycles. The van der Waals surface area contributed by atoms with Crippen molar-refractivity contribution < 1.29 is 4.79 Å². The molecule has 0 spiro atoms. The van der Waals surface area contributed by atoms with Crippen LogP contribution in [-0.4, -0.2) is 28.0 Å². The first-order valence-corrected chi connectivity index (χ1v) is 7.56. The largest absolute Gasteiger partial charge is 0.368 e. The van der Waals surface area contributed by atoms with Gasteiger partial charge in [0.2, 0.25) is 5.91 Å². The zero-order chi connectivity index (χ0) is 14.9. The SMILES string of the molecule is CNC1(C(N)=O)CCCC1CCn1cnc2ccccc21. The van der Waals surface area contributed by atoms with Gasteiger partial charge in [-0.1, -0.05) is 18.6 Å². The van der Waals surface area contributed by atoms with E-state index in [4.69, 9.17) is 5.73 Å². The van der Waals surface area contributed by atoms with Crippen LogP contribution in [0.5, 0.6) is 0 Å². The fourth-order valence-electron chi connectivity index (χ4n) is 3.73. The van der Waals surface area contributed by atoms with Crippen molar-refractivity contribution in [3.63, 3.8) is 0 Å². The lowest BCUT2D eigenvalue weighted by molar-refractivity contribution is -0.125. The van der Waals surface area contributed by atoms with Gasteiger partial charge in [-0.05, 0) is 44.4 Å². The van der Waals surface area contributed by atoms with Crippen LogP contribution in [0.1, 0.15) is 25.7 Å². The summed E-state index contributed by atoms with van der Waals surface area (Å²) >= 11 is 0. The molecule has 1 saturated carbocycles. The number of benzene rings is 1. The third-order valence-corrected chi connectivity index (χ3v) is 4.95. The molecule has 1 aliphatic carbocycles. The molecule has 5 heteroatoms. The summed E-state index contributed by atoms with van der Waals surface area (Å²) in [6, 6.07) is 8.12. The number of amides is 1. The smallest absolute Gasteiger partial charge is 0.238 e. The Morgan fingerprint density at radius 1 is 1.52 bits per heavy atom. The van der Waals surface area contributed by atoms with Crippen molar-refractivity contribution >= 4 is 16.9 Å². The number of carbonyl (C=O) groups excluding carboxylic acids is 1. The molecule has 1 amide bonds. The van der Waals surface area contributed by atoms with Gasteiger partial charge in [0.25, 0.3) is 0 Å². The number of aryl methyl sites for hydroxylation is 1. The monoisotopic (exact) mass is 286 g/mol. The van der Waals surface area contributed by atoms with Crippen LogP contribution in [0.15, 0.2) is 30.6 Å². The lowest BCUT2D eigenvalue weighted by Gasteiger charge is -2.32. The first-order valence-electron chi connectivity index (χ1n) is 7.56. The Kier molecular flexibility index (Phi) is 3.68. The number of likely N-dealkylation sites (N-methyl/N-ethyl adjacent to an activating group) is 1. The zero-order valence-corrected chi connectivity index (χ0v) is 12.4. The highest BCUT2D eigenvalue weighted by Crippen LogP contribution is 2.38. The van der Waals surface area contributed by atoms with Gasteiger partial charge >= 0.3 is 0 Å². The molecule has 3 N–H and O–H groups in total. The number of aromatic nitrogens is 2. The third-order valence-electron chi connectivity index (χ3n) is 4.95. The van der Waals surface area contributed by atoms with Gasteiger partial charge in [0.05, 0.1) is 17.4 Å². The Bertz CT molecular complexity index is 651. The number of carbonyl (C=O) groups is 1. The van der Waals surface area contributed by atoms with Crippen molar-refractivity contribution in [2.24, 2.45) is 11.7 Å². The van der Waals surface area contributed by atoms with E-state index in [1.807, 2.05) is 31.6 Å². The van der Waals surface area contributed by atoms with E-state index in [9.17, 15) is 4.79 Å². The van der Waals surface area contributed by atoms with Crippen LogP contribution in [0.25, 0.3) is 11.0 Å². The first kappa shape index (κ1) is 14.1. The molecule has 21 heavy (non-hydrogen) atoms. The Morgan fingerprint density at radius 2 is 2.33 bits per heavy atom. The molecule has 1 heterocycles. The molecular formula is C16H22N4O. The summed E-state index contributed by atoms with van der Waals surface area (Å²) in [6.07, 6.45) is 5.76. The highest BCUT2D eigenvalue weighted by atomic mass is 16.1. The van der Waals surface area contributed by atoms with Gasteiger partial charge in [-0.25, -0.2) is 4.98 Å². The number of hydrogen-bond donors (Lipinski definition) is 2. The fourth-order valence-corrected chi connectivity index (χ4v) is 3.73. The number of para-hydroxylation sites is 2. The summed E-state index contributed by atoms with van der Waals surface area (Å²) in [4.78, 5) is 16.3. The highest BCUT2D eigenvalue weighted by Gasteiger charge is 2.46. The summed E-state index contributed by atoms with van der Waals surface area (Å²) in [5, 5.41) is 3.19. The molecule has 2 unspecified atom stereocenters. The lowest BCUT2D eigenvalue weighted by Crippen LogP contribution is -2.56. The van der Waals surface area contributed by atoms with E-state index in [2.05, 4.69) is 20.9 Å². The summed E-state index contributed by atoms with van der Waals surface area (Å²) in [5.74, 6) is 0.0733. The number of nitrogens with two attached hydrogens (primary N) is 1. The molecule has 0 bridgehead atoms. The Labute approximate surface area is 124 Å². The predicted octanol–water partition coefficient (Wildman–Crippen LogP) is 1.67. The Morgan fingerprint density at radius 3 is 3.10 bits per heavy atom. The van der Waals surface area contributed by atoms with Gasteiger partial charge in [0.1, 0.15) is 5.54 Å². The molecule has 0 radical (unpaired) electrons. The van der Waals surface area contributed by atoms with E-state index >= 15 is 0 Å².